The summed E-state index contributed by atoms with van der Waals surface area (Å²) in [4.78, 5) is 36.4. The highest BCUT2D eigenvalue weighted by atomic mass is 16.6. The fourth-order valence-electron chi connectivity index (χ4n) is 4.84. The van der Waals surface area contributed by atoms with E-state index in [0.29, 0.717) is 12.8 Å². The number of aliphatic carboxylic acids is 1. The second-order valence-electron chi connectivity index (χ2n) is 10.2. The number of amides is 1. The Labute approximate surface area is 199 Å². The predicted molar refractivity (Wildman–Crippen MR) is 126 cm³/mol. The summed E-state index contributed by atoms with van der Waals surface area (Å²) in [5, 5.41) is 12.1. The van der Waals surface area contributed by atoms with E-state index in [9.17, 15) is 19.5 Å². The van der Waals surface area contributed by atoms with E-state index >= 15 is 0 Å². The van der Waals surface area contributed by atoms with E-state index < -0.39 is 23.7 Å². The molecule has 0 radical (unpaired) electrons. The third kappa shape index (κ3) is 5.24. The molecule has 34 heavy (non-hydrogen) atoms. The van der Waals surface area contributed by atoms with E-state index in [1.807, 2.05) is 57.2 Å². The Bertz CT molecular complexity index is 1040. The van der Waals surface area contributed by atoms with Gasteiger partial charge in [-0.25, -0.2) is 9.59 Å². The summed E-state index contributed by atoms with van der Waals surface area (Å²) in [6.45, 7) is 5.58. The van der Waals surface area contributed by atoms with E-state index in [1.165, 1.54) is 0 Å². The van der Waals surface area contributed by atoms with Crippen molar-refractivity contribution in [2.45, 2.75) is 57.6 Å². The first-order chi connectivity index (χ1) is 16.1. The molecule has 2 aliphatic rings. The van der Waals surface area contributed by atoms with Crippen LogP contribution in [0.4, 0.5) is 4.79 Å². The van der Waals surface area contributed by atoms with E-state index in [1.54, 1.807) is 0 Å². The number of alkyl carbamates (subject to hydrolysis) is 1. The van der Waals surface area contributed by atoms with Crippen LogP contribution in [0.25, 0.3) is 11.1 Å². The Hall–Kier alpha value is -3.35. The molecule has 2 N–H and O–H groups in total. The van der Waals surface area contributed by atoms with Crippen molar-refractivity contribution in [2.75, 3.05) is 6.61 Å². The molecule has 7 nitrogen and oxygen atoms in total. The van der Waals surface area contributed by atoms with E-state index in [2.05, 4.69) is 17.4 Å². The fraction of sp³-hybridized carbons (Fsp3) is 0.444. The smallest absolute Gasteiger partial charge is 0.407 e. The van der Waals surface area contributed by atoms with Gasteiger partial charge in [-0.05, 0) is 68.2 Å². The van der Waals surface area contributed by atoms with Crippen LogP contribution in [-0.2, 0) is 19.1 Å². The molecule has 0 saturated heterocycles. The summed E-state index contributed by atoms with van der Waals surface area (Å²) in [7, 11) is 0. The highest BCUT2D eigenvalue weighted by Crippen LogP contribution is 2.44. The molecule has 0 spiro atoms. The average molecular weight is 466 g/mol. The van der Waals surface area contributed by atoms with E-state index in [4.69, 9.17) is 9.47 Å². The molecule has 0 heterocycles. The number of hydrogen-bond acceptors (Lipinski definition) is 5. The Morgan fingerprint density at radius 2 is 1.56 bits per heavy atom. The molecular weight excluding hydrogens is 434 g/mol. The fourth-order valence-corrected chi connectivity index (χ4v) is 4.84. The minimum atomic E-state index is -1.12. The lowest BCUT2D eigenvalue weighted by Gasteiger charge is -2.36. The maximum atomic E-state index is 12.5. The highest BCUT2D eigenvalue weighted by Gasteiger charge is 2.39. The van der Waals surface area contributed by atoms with Crippen molar-refractivity contribution in [3.8, 4) is 11.1 Å². The van der Waals surface area contributed by atoms with Crippen LogP contribution in [-0.4, -0.2) is 41.4 Å². The van der Waals surface area contributed by atoms with Gasteiger partial charge in [0.1, 0.15) is 18.2 Å². The third-order valence-electron chi connectivity index (χ3n) is 6.48. The number of esters is 1. The molecule has 4 rings (SSSR count). The number of nitrogens with one attached hydrogen (secondary N) is 1. The zero-order valence-electron chi connectivity index (χ0n) is 19.7. The predicted octanol–water partition coefficient (Wildman–Crippen LogP) is 4.74. The Morgan fingerprint density at radius 3 is 2.09 bits per heavy atom. The van der Waals surface area contributed by atoms with Crippen molar-refractivity contribution in [1.82, 2.24) is 5.32 Å². The van der Waals surface area contributed by atoms with Crippen molar-refractivity contribution in [3.05, 3.63) is 59.7 Å². The molecule has 0 bridgehead atoms. The van der Waals surface area contributed by atoms with Gasteiger partial charge in [-0.2, -0.15) is 0 Å². The van der Waals surface area contributed by atoms with E-state index in [0.717, 1.165) is 22.3 Å². The first-order valence-electron chi connectivity index (χ1n) is 11.7. The van der Waals surface area contributed by atoms with Crippen molar-refractivity contribution >= 4 is 18.0 Å². The lowest BCUT2D eigenvalue weighted by molar-refractivity contribution is -0.165. The van der Waals surface area contributed by atoms with Gasteiger partial charge in [0.2, 0.25) is 0 Å². The minimum Gasteiger partial charge on any atom is -0.480 e. The van der Waals surface area contributed by atoms with E-state index in [-0.39, 0.29) is 36.8 Å². The quantitative estimate of drug-likeness (QED) is 0.573. The minimum absolute atomic E-state index is 0.0347. The molecule has 0 aromatic heterocycles. The Balaban J connectivity index is 1.30. The number of carbonyl (C=O) groups excluding carboxylic acids is 2. The average Bonchev–Trinajstić information content (AvgIpc) is 3.06. The first kappa shape index (κ1) is 23.8. The van der Waals surface area contributed by atoms with Crippen LogP contribution in [0.5, 0.6) is 0 Å². The van der Waals surface area contributed by atoms with Gasteiger partial charge in [-0.3, -0.25) is 4.79 Å². The van der Waals surface area contributed by atoms with Crippen LogP contribution in [0.1, 0.15) is 57.1 Å². The topological polar surface area (TPSA) is 102 Å². The Kier molecular flexibility index (Phi) is 6.64. The lowest BCUT2D eigenvalue weighted by Crippen LogP contribution is -2.45. The highest BCUT2D eigenvalue weighted by molar-refractivity contribution is 5.81. The summed E-state index contributed by atoms with van der Waals surface area (Å²) in [6.07, 6.45) is 0.617. The molecule has 2 aromatic rings. The second kappa shape index (κ2) is 9.49. The van der Waals surface area contributed by atoms with Gasteiger partial charge in [0.15, 0.2) is 0 Å². The zero-order chi connectivity index (χ0) is 24.5. The van der Waals surface area contributed by atoms with Gasteiger partial charge < -0.3 is 19.9 Å². The molecule has 1 atom stereocenters. The third-order valence-corrected chi connectivity index (χ3v) is 6.48. The van der Waals surface area contributed by atoms with Crippen molar-refractivity contribution in [2.24, 2.45) is 11.8 Å². The molecule has 2 aromatic carbocycles. The molecule has 1 saturated carbocycles. The van der Waals surface area contributed by atoms with Gasteiger partial charge in [0, 0.05) is 5.92 Å². The maximum absolute atomic E-state index is 12.5. The number of hydrogen-bond donors (Lipinski definition) is 2. The molecule has 1 unspecified atom stereocenters. The van der Waals surface area contributed by atoms with Crippen molar-refractivity contribution in [1.29, 1.82) is 0 Å². The lowest BCUT2D eigenvalue weighted by atomic mass is 9.72. The van der Waals surface area contributed by atoms with Crippen molar-refractivity contribution in [3.63, 3.8) is 0 Å². The SMILES string of the molecule is CC(C)(C)OC(=O)C1CC(CC(NC(=O)OCC2c3ccccc3-c3ccccc32)C(=O)O)C1. The van der Waals surface area contributed by atoms with Crippen LogP contribution in [0.2, 0.25) is 0 Å². The number of carboxylic acids is 1. The van der Waals surface area contributed by atoms with Crippen LogP contribution in [0.3, 0.4) is 0 Å². The largest absolute Gasteiger partial charge is 0.480 e. The second-order valence-corrected chi connectivity index (χ2v) is 10.2. The number of ether oxygens (including phenoxy) is 2. The van der Waals surface area contributed by atoms with Crippen LogP contribution in [0.15, 0.2) is 48.5 Å². The molecule has 1 amide bonds. The van der Waals surface area contributed by atoms with Crippen LogP contribution in [0, 0.1) is 11.8 Å². The first-order valence-corrected chi connectivity index (χ1v) is 11.7. The summed E-state index contributed by atoms with van der Waals surface area (Å²) >= 11 is 0. The number of benzene rings is 2. The summed E-state index contributed by atoms with van der Waals surface area (Å²) in [5.74, 6) is -1.64. The molecule has 2 aliphatic carbocycles. The van der Waals surface area contributed by atoms with Gasteiger partial charge >= 0.3 is 18.0 Å². The molecular formula is C27H31NO6. The van der Waals surface area contributed by atoms with Crippen LogP contribution < -0.4 is 5.32 Å². The van der Waals surface area contributed by atoms with Gasteiger partial charge in [-0.1, -0.05) is 48.5 Å². The number of fused-ring (bicyclic) bond motifs is 3. The maximum Gasteiger partial charge on any atom is 0.407 e. The summed E-state index contributed by atoms with van der Waals surface area (Å²) in [5.41, 5.74) is 3.89. The molecule has 0 aliphatic heterocycles. The Morgan fingerprint density at radius 1 is 1.00 bits per heavy atom. The van der Waals surface area contributed by atoms with Crippen LogP contribution >= 0.6 is 0 Å². The normalized spacial score (nSPS) is 19.9. The number of carboxylic acid groups (broad SMARTS) is 1. The summed E-state index contributed by atoms with van der Waals surface area (Å²) in [6, 6.07) is 15.0. The number of rotatable bonds is 7. The van der Waals surface area contributed by atoms with Gasteiger partial charge in [0.25, 0.3) is 0 Å². The van der Waals surface area contributed by atoms with Crippen molar-refractivity contribution < 1.29 is 29.0 Å². The van der Waals surface area contributed by atoms with Gasteiger partial charge in [0.05, 0.1) is 5.92 Å². The standard InChI is InChI=1S/C27H31NO6/c1-27(2,3)34-25(31)17-12-16(13-17)14-23(24(29)30)28-26(32)33-15-22-20-10-6-4-8-18(20)19-9-5-7-11-21(19)22/h4-11,16-17,22-23H,12-15H2,1-3H3,(H,28,32)(H,29,30). The summed E-state index contributed by atoms with van der Waals surface area (Å²) < 4.78 is 10.9. The monoisotopic (exact) mass is 465 g/mol. The van der Waals surface area contributed by atoms with Gasteiger partial charge in [-0.15, -0.1) is 0 Å². The number of carbonyl (C=O) groups is 3. The molecule has 7 heteroatoms. The zero-order valence-corrected chi connectivity index (χ0v) is 19.7. The molecule has 1 fully saturated rings. The molecule has 180 valence electrons.